The van der Waals surface area contributed by atoms with Gasteiger partial charge in [0, 0.05) is 13.0 Å². The molecule has 0 saturated heterocycles. The number of carbonyl (C=O) groups is 2. The van der Waals surface area contributed by atoms with Crippen LogP contribution in [0.3, 0.4) is 0 Å². The number of Topliss-reactive ketones (excluding diaryl/α,β-unsaturated/α-hetero) is 1. The van der Waals surface area contributed by atoms with Crippen molar-refractivity contribution in [2.75, 3.05) is 7.11 Å². The molecular weight excluding hydrogens is 156 g/mol. The molecule has 66 valence electrons. The molecule has 0 fully saturated rings. The van der Waals surface area contributed by atoms with E-state index >= 15 is 0 Å². The molecular formula is C9H12O3. The number of carbonyl (C=O) groups excluding carboxylic acids is 2. The lowest BCUT2D eigenvalue weighted by Crippen LogP contribution is -2.30. The molecule has 2 unspecified atom stereocenters. The summed E-state index contributed by atoms with van der Waals surface area (Å²) < 4.78 is 4.93. The van der Waals surface area contributed by atoms with Crippen LogP contribution in [0, 0.1) is 5.92 Å². The number of methoxy groups -OCH3 is 1. The minimum absolute atomic E-state index is 0.0463. The predicted molar refractivity (Wildman–Crippen MR) is 43.7 cm³/mol. The van der Waals surface area contributed by atoms with Crippen molar-refractivity contribution in [3.63, 3.8) is 0 Å². The number of rotatable bonds is 2. The zero-order chi connectivity index (χ0) is 9.14. The summed E-state index contributed by atoms with van der Waals surface area (Å²) in [7, 11) is 1.49. The fourth-order valence-corrected chi connectivity index (χ4v) is 1.26. The Kier molecular flexibility index (Phi) is 2.76. The normalized spacial score (nSPS) is 29.0. The molecule has 2 atom stereocenters. The lowest BCUT2D eigenvalue weighted by atomic mass is 9.90. The van der Waals surface area contributed by atoms with E-state index in [2.05, 4.69) is 0 Å². The molecule has 3 nitrogen and oxygen atoms in total. The van der Waals surface area contributed by atoms with Gasteiger partial charge in [-0.05, 0) is 19.4 Å². The summed E-state index contributed by atoms with van der Waals surface area (Å²) in [5.74, 6) is -0.108. The third-order valence-corrected chi connectivity index (χ3v) is 2.08. The Bertz CT molecular complexity index is 230. The first-order valence-corrected chi connectivity index (χ1v) is 3.90. The maximum Gasteiger partial charge on any atom is 0.184 e. The first-order valence-electron chi connectivity index (χ1n) is 3.90. The van der Waals surface area contributed by atoms with Crippen LogP contribution < -0.4 is 0 Å². The lowest BCUT2D eigenvalue weighted by Gasteiger charge is -2.20. The van der Waals surface area contributed by atoms with Crippen LogP contribution in [0.2, 0.25) is 0 Å². The standard InChI is InChI=1S/C9H12O3/c1-6(10)7-3-4-8(11)9(5-7)12-2/h3-4,7,9H,5H2,1-2H3. The van der Waals surface area contributed by atoms with Crippen molar-refractivity contribution in [2.24, 2.45) is 5.92 Å². The zero-order valence-electron chi connectivity index (χ0n) is 7.24. The second kappa shape index (κ2) is 3.63. The molecule has 0 heterocycles. The summed E-state index contributed by atoms with van der Waals surface area (Å²) in [6.07, 6.45) is 3.15. The summed E-state index contributed by atoms with van der Waals surface area (Å²) in [6, 6.07) is 0. The van der Waals surface area contributed by atoms with Crippen LogP contribution in [0.5, 0.6) is 0 Å². The van der Waals surface area contributed by atoms with E-state index in [9.17, 15) is 9.59 Å². The third kappa shape index (κ3) is 1.80. The third-order valence-electron chi connectivity index (χ3n) is 2.08. The lowest BCUT2D eigenvalue weighted by molar-refractivity contribution is -0.127. The molecule has 0 aromatic heterocycles. The molecule has 0 aromatic rings. The van der Waals surface area contributed by atoms with Crippen LogP contribution in [0.25, 0.3) is 0 Å². The zero-order valence-corrected chi connectivity index (χ0v) is 7.24. The molecule has 3 heteroatoms. The van der Waals surface area contributed by atoms with Crippen molar-refractivity contribution in [2.45, 2.75) is 19.4 Å². The van der Waals surface area contributed by atoms with Gasteiger partial charge in [-0.15, -0.1) is 0 Å². The Hall–Kier alpha value is -0.960. The van der Waals surface area contributed by atoms with Gasteiger partial charge in [0.05, 0.1) is 0 Å². The van der Waals surface area contributed by atoms with E-state index in [1.54, 1.807) is 6.08 Å². The number of hydrogen-bond acceptors (Lipinski definition) is 3. The van der Waals surface area contributed by atoms with Crippen LogP contribution in [-0.4, -0.2) is 24.8 Å². The Morgan fingerprint density at radius 3 is 2.83 bits per heavy atom. The summed E-state index contributed by atoms with van der Waals surface area (Å²) >= 11 is 0. The summed E-state index contributed by atoms with van der Waals surface area (Å²) in [4.78, 5) is 22.0. The van der Waals surface area contributed by atoms with E-state index in [0.717, 1.165) is 0 Å². The van der Waals surface area contributed by atoms with Gasteiger partial charge in [0.15, 0.2) is 5.78 Å². The molecule has 0 radical (unpaired) electrons. The molecule has 0 aromatic carbocycles. The maximum atomic E-state index is 11.1. The van der Waals surface area contributed by atoms with Crippen molar-refractivity contribution in [3.8, 4) is 0 Å². The van der Waals surface area contributed by atoms with Crippen LogP contribution in [-0.2, 0) is 14.3 Å². The first kappa shape index (κ1) is 9.13. The van der Waals surface area contributed by atoms with Gasteiger partial charge in [0.25, 0.3) is 0 Å². The minimum atomic E-state index is -0.427. The molecule has 1 rings (SSSR count). The summed E-state index contributed by atoms with van der Waals surface area (Å²) in [6.45, 7) is 1.53. The minimum Gasteiger partial charge on any atom is -0.373 e. The summed E-state index contributed by atoms with van der Waals surface area (Å²) in [5, 5.41) is 0. The van der Waals surface area contributed by atoms with Gasteiger partial charge in [-0.1, -0.05) is 6.08 Å². The first-order chi connectivity index (χ1) is 5.65. The molecule has 0 aliphatic heterocycles. The van der Waals surface area contributed by atoms with Crippen molar-refractivity contribution in [1.82, 2.24) is 0 Å². The molecule has 0 bridgehead atoms. The average Bonchev–Trinajstić information content (AvgIpc) is 2.05. The van der Waals surface area contributed by atoms with Crippen molar-refractivity contribution < 1.29 is 14.3 Å². The number of ether oxygens (including phenoxy) is 1. The van der Waals surface area contributed by atoms with Crippen LogP contribution in [0.15, 0.2) is 12.2 Å². The van der Waals surface area contributed by atoms with E-state index in [0.29, 0.717) is 6.42 Å². The van der Waals surface area contributed by atoms with E-state index in [4.69, 9.17) is 4.74 Å². The van der Waals surface area contributed by atoms with E-state index in [1.165, 1.54) is 20.1 Å². The van der Waals surface area contributed by atoms with E-state index in [1.807, 2.05) is 0 Å². The molecule has 0 N–H and O–H groups in total. The number of hydrogen-bond donors (Lipinski definition) is 0. The van der Waals surface area contributed by atoms with Gasteiger partial charge in [-0.25, -0.2) is 0 Å². The van der Waals surface area contributed by atoms with Gasteiger partial charge in [-0.3, -0.25) is 9.59 Å². The summed E-state index contributed by atoms with van der Waals surface area (Å²) in [5.41, 5.74) is 0. The van der Waals surface area contributed by atoms with Crippen molar-refractivity contribution >= 4 is 11.6 Å². The topological polar surface area (TPSA) is 43.4 Å². The second-order valence-electron chi connectivity index (χ2n) is 2.94. The monoisotopic (exact) mass is 168 g/mol. The van der Waals surface area contributed by atoms with Gasteiger partial charge in [0.2, 0.25) is 0 Å². The molecule has 0 saturated carbocycles. The van der Waals surface area contributed by atoms with Crippen molar-refractivity contribution in [1.29, 1.82) is 0 Å². The fourth-order valence-electron chi connectivity index (χ4n) is 1.26. The highest BCUT2D eigenvalue weighted by Crippen LogP contribution is 2.18. The quantitative estimate of drug-likeness (QED) is 0.610. The van der Waals surface area contributed by atoms with Crippen molar-refractivity contribution in [3.05, 3.63) is 12.2 Å². The largest absolute Gasteiger partial charge is 0.373 e. The number of ketones is 2. The highest BCUT2D eigenvalue weighted by atomic mass is 16.5. The SMILES string of the molecule is COC1CC(C(C)=O)C=CC1=O. The smallest absolute Gasteiger partial charge is 0.184 e. The van der Waals surface area contributed by atoms with Gasteiger partial charge >= 0.3 is 0 Å². The maximum absolute atomic E-state index is 11.1. The van der Waals surface area contributed by atoms with Gasteiger partial charge in [-0.2, -0.15) is 0 Å². The van der Waals surface area contributed by atoms with E-state index in [-0.39, 0.29) is 17.5 Å². The molecule has 1 aliphatic rings. The highest BCUT2D eigenvalue weighted by Gasteiger charge is 2.26. The van der Waals surface area contributed by atoms with E-state index < -0.39 is 6.10 Å². The molecule has 1 aliphatic carbocycles. The van der Waals surface area contributed by atoms with Crippen LogP contribution in [0.1, 0.15) is 13.3 Å². The average molecular weight is 168 g/mol. The van der Waals surface area contributed by atoms with Crippen LogP contribution >= 0.6 is 0 Å². The molecule has 12 heavy (non-hydrogen) atoms. The number of allylic oxidation sites excluding steroid dienone is 1. The second-order valence-corrected chi connectivity index (χ2v) is 2.94. The van der Waals surface area contributed by atoms with Gasteiger partial charge < -0.3 is 4.74 Å². The highest BCUT2D eigenvalue weighted by molar-refractivity contribution is 5.96. The fraction of sp³-hybridized carbons (Fsp3) is 0.556. The molecule has 0 spiro atoms. The van der Waals surface area contributed by atoms with Gasteiger partial charge in [0.1, 0.15) is 11.9 Å². The molecule has 0 amide bonds. The predicted octanol–water partition coefficient (Wildman–Crippen LogP) is 0.736. The Balaban J connectivity index is 2.71. The Morgan fingerprint density at radius 2 is 2.33 bits per heavy atom. The Morgan fingerprint density at radius 1 is 1.67 bits per heavy atom. The Labute approximate surface area is 71.4 Å². The van der Waals surface area contributed by atoms with Crippen LogP contribution in [0.4, 0.5) is 0 Å².